The van der Waals surface area contributed by atoms with Gasteiger partial charge in [-0.25, -0.2) is 33.5 Å². The van der Waals surface area contributed by atoms with Crippen molar-refractivity contribution in [1.29, 1.82) is 0 Å². The van der Waals surface area contributed by atoms with Crippen molar-refractivity contribution in [2.45, 2.75) is 31.0 Å². The van der Waals surface area contributed by atoms with Crippen molar-refractivity contribution < 1.29 is 42.9 Å². The second kappa shape index (κ2) is 17.1. The number of fused-ring (bicyclic) bond motifs is 2. The van der Waals surface area contributed by atoms with E-state index in [0.29, 0.717) is 46.1 Å². The summed E-state index contributed by atoms with van der Waals surface area (Å²) in [6, 6.07) is 21.3. The molecule has 6 aromatic rings. The zero-order chi connectivity index (χ0) is 44.3. The Balaban J connectivity index is 0.000000187. The number of benzene rings is 4. The number of amides is 3. The van der Waals surface area contributed by atoms with Gasteiger partial charge in [-0.2, -0.15) is 0 Å². The molecule has 14 nitrogen and oxygen atoms in total. The molecule has 4 N–H and O–H groups in total. The van der Waals surface area contributed by atoms with Crippen molar-refractivity contribution in [3.8, 4) is 46.5 Å². The highest BCUT2D eigenvalue weighted by Gasteiger charge is 2.43. The minimum absolute atomic E-state index is 0.0135. The van der Waals surface area contributed by atoms with Gasteiger partial charge in [-0.05, 0) is 55.5 Å². The van der Waals surface area contributed by atoms with Crippen LogP contribution in [0.2, 0.25) is 0 Å². The number of carbonyl (C=O) groups excluding carboxylic acids is 4. The van der Waals surface area contributed by atoms with Gasteiger partial charge in [0.25, 0.3) is 17.7 Å². The molecule has 62 heavy (non-hydrogen) atoms. The Hall–Kier alpha value is -7.66. The number of primary amides is 1. The highest BCUT2D eigenvalue weighted by molar-refractivity contribution is 6.04. The van der Waals surface area contributed by atoms with E-state index in [1.165, 1.54) is 46.2 Å². The van der Waals surface area contributed by atoms with E-state index in [9.17, 15) is 38.2 Å². The SMILES string of the molecule is CCOC(=O)c1nc(-c2cccc(C#C[C@]3(O)CCN(C)C3=O)c2)nc2cc(F)ccc12.CN1CC[C@@](O)(C#Cc2cccc(-c3nc(C(N)=O)c4ccc(F)cc4n3)c2)C1=O. The summed E-state index contributed by atoms with van der Waals surface area (Å²) < 4.78 is 32.6. The van der Waals surface area contributed by atoms with Crippen LogP contribution in [0.4, 0.5) is 8.78 Å². The Morgan fingerprint density at radius 1 is 0.710 bits per heavy atom. The predicted octanol–water partition coefficient (Wildman–Crippen LogP) is 4.04. The maximum absolute atomic E-state index is 13.8. The van der Waals surface area contributed by atoms with E-state index in [1.807, 2.05) is 0 Å². The first-order valence-electron chi connectivity index (χ1n) is 19.2. The Bertz CT molecular complexity index is 2960. The topological polar surface area (TPSA) is 202 Å². The number of ether oxygens (including phenoxy) is 1. The number of aliphatic hydroxyl groups is 2. The fourth-order valence-electron chi connectivity index (χ4n) is 6.77. The number of aromatic nitrogens is 4. The van der Waals surface area contributed by atoms with Gasteiger partial charge in [-0.15, -0.1) is 0 Å². The highest BCUT2D eigenvalue weighted by atomic mass is 19.1. The molecule has 2 fully saturated rings. The van der Waals surface area contributed by atoms with Crippen molar-refractivity contribution in [1.82, 2.24) is 29.7 Å². The lowest BCUT2D eigenvalue weighted by atomic mass is 10.0. The summed E-state index contributed by atoms with van der Waals surface area (Å²) >= 11 is 0. The molecule has 4 heterocycles. The molecule has 4 aromatic carbocycles. The maximum Gasteiger partial charge on any atom is 0.357 e. The van der Waals surface area contributed by atoms with Crippen molar-refractivity contribution in [2.24, 2.45) is 5.73 Å². The number of hydrogen-bond donors (Lipinski definition) is 3. The predicted molar refractivity (Wildman–Crippen MR) is 223 cm³/mol. The molecule has 2 aliphatic rings. The molecule has 2 saturated heterocycles. The van der Waals surface area contributed by atoms with E-state index < -0.39 is 46.5 Å². The van der Waals surface area contributed by atoms with Gasteiger partial charge in [0.15, 0.2) is 17.3 Å². The molecule has 2 aromatic heterocycles. The number of halogens is 2. The summed E-state index contributed by atoms with van der Waals surface area (Å²) in [4.78, 5) is 68.7. The summed E-state index contributed by atoms with van der Waals surface area (Å²) in [5.74, 6) is 8.12. The van der Waals surface area contributed by atoms with E-state index in [0.717, 1.165) is 0 Å². The third-order valence-electron chi connectivity index (χ3n) is 10.1. The van der Waals surface area contributed by atoms with E-state index in [4.69, 9.17) is 10.5 Å². The molecule has 0 aliphatic carbocycles. The van der Waals surface area contributed by atoms with Crippen LogP contribution in [0.3, 0.4) is 0 Å². The lowest BCUT2D eigenvalue weighted by molar-refractivity contribution is -0.138. The molecule has 0 saturated carbocycles. The Morgan fingerprint density at radius 3 is 1.58 bits per heavy atom. The Kier molecular flexibility index (Phi) is 11.7. The first-order chi connectivity index (χ1) is 29.6. The monoisotopic (exact) mass is 837 g/mol. The quantitative estimate of drug-likeness (QED) is 0.167. The number of esters is 1. The van der Waals surface area contributed by atoms with Gasteiger partial charge in [0.05, 0.1) is 17.6 Å². The van der Waals surface area contributed by atoms with Gasteiger partial charge in [0.2, 0.25) is 11.2 Å². The molecule has 0 bridgehead atoms. The van der Waals surface area contributed by atoms with Crippen molar-refractivity contribution in [3.63, 3.8) is 0 Å². The zero-order valence-corrected chi connectivity index (χ0v) is 33.6. The second-order valence-electron chi connectivity index (χ2n) is 14.5. The van der Waals surface area contributed by atoms with Crippen LogP contribution in [0.25, 0.3) is 44.6 Å². The molecule has 0 spiro atoms. The molecule has 0 unspecified atom stereocenters. The first kappa shape index (κ1) is 42.5. The minimum atomic E-state index is -1.71. The summed E-state index contributed by atoms with van der Waals surface area (Å²) in [6.07, 6.45) is 0.466. The summed E-state index contributed by atoms with van der Waals surface area (Å²) in [6.45, 7) is 2.72. The van der Waals surface area contributed by atoms with Crippen LogP contribution in [0, 0.1) is 35.3 Å². The number of nitrogens with two attached hydrogens (primary N) is 1. The van der Waals surface area contributed by atoms with Crippen molar-refractivity contribution in [3.05, 3.63) is 119 Å². The standard InChI is InChI=1S/C24H20FN3O4.C22H17FN4O3/c1-3-32-22(29)20-18-8-7-17(25)14-19(18)26-21(27-20)16-6-4-5-15(13-16)9-10-24(31)11-12-28(2)23(24)30;1-27-10-9-22(30,21(27)29)8-7-13-3-2-4-14(11-13)20-25-17-12-15(23)5-6-16(17)18(26-20)19(24)28/h4-8,13-14,31H,3,11-12H2,1-2H3;2-6,11-12,30H,9-10H2,1H3,(H2,24,28)/t24-;22-/m00/s1. The van der Waals surface area contributed by atoms with E-state index in [1.54, 1.807) is 69.6 Å². The van der Waals surface area contributed by atoms with Gasteiger partial charge in [0.1, 0.15) is 17.3 Å². The summed E-state index contributed by atoms with van der Waals surface area (Å²) in [5, 5.41) is 21.7. The van der Waals surface area contributed by atoms with E-state index in [-0.39, 0.29) is 53.5 Å². The molecule has 16 heteroatoms. The van der Waals surface area contributed by atoms with Crippen LogP contribution in [-0.4, -0.2) is 109 Å². The molecule has 3 amide bonds. The lowest BCUT2D eigenvalue weighted by Crippen LogP contribution is -2.37. The first-order valence-corrected chi connectivity index (χ1v) is 19.2. The van der Waals surface area contributed by atoms with Crippen LogP contribution in [0.15, 0.2) is 84.9 Å². The number of carbonyl (C=O) groups is 4. The Labute approximate surface area is 353 Å². The maximum atomic E-state index is 13.8. The average molecular weight is 838 g/mol. The number of rotatable bonds is 5. The van der Waals surface area contributed by atoms with E-state index in [2.05, 4.69) is 43.6 Å². The summed E-state index contributed by atoms with van der Waals surface area (Å²) in [7, 11) is 3.22. The van der Waals surface area contributed by atoms with E-state index >= 15 is 0 Å². The highest BCUT2D eigenvalue weighted by Crippen LogP contribution is 2.27. The normalized spacial score (nSPS) is 18.1. The van der Waals surface area contributed by atoms with Gasteiger partial charge >= 0.3 is 5.97 Å². The van der Waals surface area contributed by atoms with Crippen molar-refractivity contribution >= 4 is 45.5 Å². The largest absolute Gasteiger partial charge is 0.461 e. The molecule has 0 radical (unpaired) electrons. The van der Waals surface area contributed by atoms with Crippen molar-refractivity contribution in [2.75, 3.05) is 33.8 Å². The second-order valence-corrected chi connectivity index (χ2v) is 14.5. The third-order valence-corrected chi connectivity index (χ3v) is 10.1. The molecule has 2 atom stereocenters. The third kappa shape index (κ3) is 8.78. The molecule has 2 aliphatic heterocycles. The minimum Gasteiger partial charge on any atom is -0.461 e. The average Bonchev–Trinajstić information content (AvgIpc) is 3.68. The lowest BCUT2D eigenvalue weighted by Gasteiger charge is -2.13. The molecular weight excluding hydrogens is 801 g/mol. The van der Waals surface area contributed by atoms with Crippen LogP contribution in [0.5, 0.6) is 0 Å². The van der Waals surface area contributed by atoms with Crippen LogP contribution in [-0.2, 0) is 14.3 Å². The number of likely N-dealkylation sites (tertiary alicyclic amines) is 2. The summed E-state index contributed by atoms with van der Waals surface area (Å²) in [5.41, 5.74) is 4.68. The smallest absolute Gasteiger partial charge is 0.357 e. The van der Waals surface area contributed by atoms with Crippen LogP contribution in [0.1, 0.15) is 51.9 Å². The molecular formula is C46H37F2N7O7. The van der Waals surface area contributed by atoms with Gasteiger partial charge in [-0.3, -0.25) is 14.4 Å². The fourth-order valence-corrected chi connectivity index (χ4v) is 6.77. The van der Waals surface area contributed by atoms with Gasteiger partial charge in [0, 0.05) is 85.2 Å². The Morgan fingerprint density at radius 2 is 1.16 bits per heavy atom. The van der Waals surface area contributed by atoms with Gasteiger partial charge < -0.3 is 30.5 Å². The number of likely N-dealkylation sites (N-methyl/N-ethyl adjacent to an activating group) is 2. The molecule has 8 rings (SSSR count). The van der Waals surface area contributed by atoms with Crippen LogP contribution >= 0.6 is 0 Å². The zero-order valence-electron chi connectivity index (χ0n) is 33.6. The van der Waals surface area contributed by atoms with Gasteiger partial charge in [-0.1, -0.05) is 47.9 Å². The fraction of sp³-hybridized carbons (Fsp3) is 0.217. The number of hydrogen-bond acceptors (Lipinski definition) is 11. The molecule has 312 valence electrons. The van der Waals surface area contributed by atoms with Crippen LogP contribution < -0.4 is 5.73 Å². The number of nitrogens with zero attached hydrogens (tertiary/aromatic N) is 6.